The van der Waals surface area contributed by atoms with Gasteiger partial charge in [-0.1, -0.05) is 18.2 Å². The van der Waals surface area contributed by atoms with E-state index >= 15 is 0 Å². The van der Waals surface area contributed by atoms with Gasteiger partial charge in [0, 0.05) is 18.4 Å². The number of carbonyl (C=O) groups excluding carboxylic acids is 4. The van der Waals surface area contributed by atoms with Crippen molar-refractivity contribution in [3.63, 3.8) is 0 Å². The number of ketones is 1. The van der Waals surface area contributed by atoms with Gasteiger partial charge < -0.3 is 21.9 Å². The first-order valence-electron chi connectivity index (χ1n) is 11.0. The molecule has 1 aliphatic heterocycles. The molecular weight excluding hydrogens is 422 g/mol. The maximum atomic E-state index is 13.9. The van der Waals surface area contributed by atoms with Crippen LogP contribution in [0.4, 0.5) is 0 Å². The summed E-state index contributed by atoms with van der Waals surface area (Å²) in [5.41, 5.74) is 16.8. The van der Waals surface area contributed by atoms with Crippen LogP contribution in [0.25, 0.3) is 11.1 Å². The van der Waals surface area contributed by atoms with Gasteiger partial charge in [-0.15, -0.1) is 0 Å². The molecule has 33 heavy (non-hydrogen) atoms. The standard InChI is InChI=1S/C25H27N3O5/c26-20(29)8-12-24(13-9-21(27)30)22(31)18-7-6-17(14-19(18)33-25(24)10-1-11-25)15-2-4-16(5-3-15)23(28)32/h2-7,14H,1,8-13H2,(H2,26,29)(H2,27,30)(H2,28,32). The number of hydrogen-bond donors (Lipinski definition) is 3. The topological polar surface area (TPSA) is 156 Å². The van der Waals surface area contributed by atoms with E-state index in [0.29, 0.717) is 29.7 Å². The lowest BCUT2D eigenvalue weighted by Crippen LogP contribution is -2.63. The van der Waals surface area contributed by atoms with E-state index in [4.69, 9.17) is 21.9 Å². The maximum absolute atomic E-state index is 13.9. The first kappa shape index (κ1) is 22.5. The summed E-state index contributed by atoms with van der Waals surface area (Å²) < 4.78 is 6.53. The number of fused-ring (bicyclic) bond motifs is 1. The second kappa shape index (κ2) is 8.35. The van der Waals surface area contributed by atoms with E-state index in [9.17, 15) is 19.2 Å². The molecule has 0 bridgehead atoms. The Bertz CT molecular complexity index is 1120. The third-order valence-electron chi connectivity index (χ3n) is 7.10. The fraction of sp³-hybridized carbons (Fsp3) is 0.360. The molecule has 1 heterocycles. The summed E-state index contributed by atoms with van der Waals surface area (Å²) in [6, 6.07) is 12.2. The monoisotopic (exact) mass is 449 g/mol. The molecule has 2 aliphatic rings. The minimum Gasteiger partial charge on any atom is -0.485 e. The summed E-state index contributed by atoms with van der Waals surface area (Å²) in [7, 11) is 0. The summed E-state index contributed by atoms with van der Waals surface area (Å²) in [6.07, 6.45) is 2.64. The fourth-order valence-electron chi connectivity index (χ4n) is 5.13. The predicted octanol–water partition coefficient (Wildman–Crippen LogP) is 2.47. The van der Waals surface area contributed by atoms with Gasteiger partial charge in [0.15, 0.2) is 5.78 Å². The van der Waals surface area contributed by atoms with E-state index in [-0.39, 0.29) is 31.5 Å². The van der Waals surface area contributed by atoms with Gasteiger partial charge in [0.1, 0.15) is 11.4 Å². The highest BCUT2D eigenvalue weighted by Gasteiger charge is 2.63. The first-order valence-corrected chi connectivity index (χ1v) is 11.0. The molecule has 4 rings (SSSR count). The Kier molecular flexibility index (Phi) is 5.69. The van der Waals surface area contributed by atoms with E-state index < -0.39 is 28.7 Å². The summed E-state index contributed by atoms with van der Waals surface area (Å²) in [4.78, 5) is 48.5. The van der Waals surface area contributed by atoms with Gasteiger partial charge in [-0.05, 0) is 67.5 Å². The molecule has 6 N–H and O–H groups in total. The molecule has 172 valence electrons. The Morgan fingerprint density at radius 1 is 0.848 bits per heavy atom. The van der Waals surface area contributed by atoms with Crippen molar-refractivity contribution in [2.45, 2.75) is 50.5 Å². The van der Waals surface area contributed by atoms with Gasteiger partial charge in [-0.2, -0.15) is 0 Å². The average molecular weight is 450 g/mol. The number of primary amides is 3. The minimum absolute atomic E-state index is 0.0231. The molecule has 8 nitrogen and oxygen atoms in total. The molecule has 0 atom stereocenters. The van der Waals surface area contributed by atoms with Crippen molar-refractivity contribution in [2.24, 2.45) is 22.6 Å². The molecule has 0 saturated heterocycles. The van der Waals surface area contributed by atoms with Crippen LogP contribution in [0.15, 0.2) is 42.5 Å². The van der Waals surface area contributed by atoms with Gasteiger partial charge in [0.05, 0.1) is 11.0 Å². The van der Waals surface area contributed by atoms with Crippen molar-refractivity contribution >= 4 is 23.5 Å². The van der Waals surface area contributed by atoms with Crippen LogP contribution < -0.4 is 21.9 Å². The summed E-state index contributed by atoms with van der Waals surface area (Å²) in [5, 5.41) is 0. The minimum atomic E-state index is -1.03. The largest absolute Gasteiger partial charge is 0.485 e. The van der Waals surface area contributed by atoms with Gasteiger partial charge in [-0.3, -0.25) is 19.2 Å². The van der Waals surface area contributed by atoms with E-state index in [0.717, 1.165) is 17.5 Å². The number of hydrogen-bond acceptors (Lipinski definition) is 5. The zero-order valence-corrected chi connectivity index (χ0v) is 18.3. The van der Waals surface area contributed by atoms with Crippen LogP contribution in [-0.4, -0.2) is 29.1 Å². The second-order valence-electron chi connectivity index (χ2n) is 8.95. The average Bonchev–Trinajstić information content (AvgIpc) is 2.76. The zero-order chi connectivity index (χ0) is 23.8. The Labute approximate surface area is 191 Å². The number of ether oxygens (including phenoxy) is 1. The Hall–Kier alpha value is -3.68. The normalized spacial score (nSPS) is 17.5. The van der Waals surface area contributed by atoms with Crippen LogP contribution in [0.5, 0.6) is 5.75 Å². The number of carbonyl (C=O) groups is 4. The lowest BCUT2D eigenvalue weighted by molar-refractivity contribution is -0.129. The third-order valence-corrected chi connectivity index (χ3v) is 7.10. The second-order valence-corrected chi connectivity index (χ2v) is 8.95. The van der Waals surface area contributed by atoms with Crippen molar-refractivity contribution in [1.82, 2.24) is 0 Å². The van der Waals surface area contributed by atoms with Crippen LogP contribution >= 0.6 is 0 Å². The number of benzene rings is 2. The smallest absolute Gasteiger partial charge is 0.248 e. The highest BCUT2D eigenvalue weighted by molar-refractivity contribution is 6.06. The van der Waals surface area contributed by atoms with Crippen molar-refractivity contribution in [3.8, 4) is 16.9 Å². The van der Waals surface area contributed by atoms with Crippen LogP contribution in [0.1, 0.15) is 65.7 Å². The van der Waals surface area contributed by atoms with E-state index in [2.05, 4.69) is 0 Å². The Morgan fingerprint density at radius 3 is 1.91 bits per heavy atom. The van der Waals surface area contributed by atoms with Crippen LogP contribution in [0.3, 0.4) is 0 Å². The molecule has 1 saturated carbocycles. The molecule has 2 aromatic rings. The van der Waals surface area contributed by atoms with E-state index in [1.54, 1.807) is 30.3 Å². The summed E-state index contributed by atoms with van der Waals surface area (Å²) >= 11 is 0. The third kappa shape index (κ3) is 3.86. The van der Waals surface area contributed by atoms with Crippen molar-refractivity contribution in [1.29, 1.82) is 0 Å². The highest BCUT2D eigenvalue weighted by atomic mass is 16.5. The van der Waals surface area contributed by atoms with E-state index in [1.165, 1.54) is 0 Å². The zero-order valence-electron chi connectivity index (χ0n) is 18.3. The van der Waals surface area contributed by atoms with Crippen molar-refractivity contribution in [2.75, 3.05) is 0 Å². The molecule has 1 spiro atoms. The van der Waals surface area contributed by atoms with Gasteiger partial charge >= 0.3 is 0 Å². The molecule has 2 aromatic carbocycles. The van der Waals surface area contributed by atoms with Gasteiger partial charge in [0.2, 0.25) is 17.7 Å². The number of Topliss-reactive ketones (excluding diaryl/α,β-unsaturated/α-hetero) is 1. The molecular formula is C25H27N3O5. The Balaban J connectivity index is 1.75. The molecule has 0 aromatic heterocycles. The number of nitrogens with two attached hydrogens (primary N) is 3. The van der Waals surface area contributed by atoms with Gasteiger partial charge in [0.25, 0.3) is 0 Å². The molecule has 3 amide bonds. The molecule has 0 radical (unpaired) electrons. The fourth-order valence-corrected chi connectivity index (χ4v) is 5.13. The van der Waals surface area contributed by atoms with Crippen LogP contribution in [0, 0.1) is 5.41 Å². The summed E-state index contributed by atoms with van der Waals surface area (Å²) in [5.74, 6) is -1.17. The first-order chi connectivity index (χ1) is 15.7. The van der Waals surface area contributed by atoms with Crippen molar-refractivity contribution < 1.29 is 23.9 Å². The highest BCUT2D eigenvalue weighted by Crippen LogP contribution is 2.59. The lowest BCUT2D eigenvalue weighted by atomic mass is 9.53. The lowest BCUT2D eigenvalue weighted by Gasteiger charge is -2.57. The summed E-state index contributed by atoms with van der Waals surface area (Å²) in [6.45, 7) is 0. The molecule has 1 fully saturated rings. The molecule has 8 heteroatoms. The van der Waals surface area contributed by atoms with Gasteiger partial charge in [-0.25, -0.2) is 0 Å². The Morgan fingerprint density at radius 2 is 1.42 bits per heavy atom. The SMILES string of the molecule is NC(=O)CCC1(CCC(N)=O)C(=O)c2ccc(-c3ccc(C(N)=O)cc3)cc2OC12CCC2. The van der Waals surface area contributed by atoms with Crippen LogP contribution in [0.2, 0.25) is 0 Å². The maximum Gasteiger partial charge on any atom is 0.248 e. The quantitative estimate of drug-likeness (QED) is 0.564. The molecule has 1 aliphatic carbocycles. The number of amides is 3. The van der Waals surface area contributed by atoms with E-state index in [1.807, 2.05) is 12.1 Å². The number of rotatable bonds is 8. The molecule has 0 unspecified atom stereocenters. The van der Waals surface area contributed by atoms with Crippen molar-refractivity contribution in [3.05, 3.63) is 53.6 Å². The van der Waals surface area contributed by atoms with Crippen LogP contribution in [-0.2, 0) is 9.59 Å². The predicted molar refractivity (Wildman–Crippen MR) is 121 cm³/mol.